The normalized spacial score (nSPS) is 13.6. The lowest BCUT2D eigenvalue weighted by molar-refractivity contribution is 0.0692. The molecule has 0 saturated carbocycles. The number of ether oxygens (including phenoxy) is 3. The Morgan fingerprint density at radius 3 is 1.28 bits per heavy atom. The van der Waals surface area contributed by atoms with Crippen LogP contribution in [-0.4, -0.2) is 35.6 Å². The zero-order chi connectivity index (χ0) is 37.7. The Hall–Kier alpha value is -7.00. The molecule has 9 nitrogen and oxygen atoms in total. The van der Waals surface area contributed by atoms with E-state index in [1.807, 2.05) is 79.7 Å². The molecule has 0 bridgehead atoms. The molecule has 0 atom stereocenters. The van der Waals surface area contributed by atoms with Crippen molar-refractivity contribution < 1.29 is 33.4 Å². The maximum atomic E-state index is 13.5. The summed E-state index contributed by atoms with van der Waals surface area (Å²) in [5.41, 5.74) is 4.61. The van der Waals surface area contributed by atoms with Gasteiger partial charge in [0.25, 0.3) is 23.6 Å². The summed E-state index contributed by atoms with van der Waals surface area (Å²) in [6.45, 7) is 6.25. The highest BCUT2D eigenvalue weighted by Crippen LogP contribution is 2.37. The van der Waals surface area contributed by atoms with Crippen LogP contribution in [0.3, 0.4) is 0 Å². The number of fused-ring (bicyclic) bond motifs is 2. The van der Waals surface area contributed by atoms with Crippen LogP contribution in [0.1, 0.15) is 72.0 Å². The molecule has 0 aliphatic carbocycles. The summed E-state index contributed by atoms with van der Waals surface area (Å²) in [6, 6.07) is 39.8. The summed E-state index contributed by atoms with van der Waals surface area (Å²) in [5, 5.41) is 0. The molecule has 266 valence electrons. The van der Waals surface area contributed by atoms with Gasteiger partial charge in [0.15, 0.2) is 0 Å². The summed E-state index contributed by atoms with van der Waals surface area (Å²) in [5.74, 6) is 1.89. The lowest BCUT2D eigenvalue weighted by Gasteiger charge is -2.26. The lowest BCUT2D eigenvalue weighted by atomic mass is 9.78. The third-order valence-corrected chi connectivity index (χ3v) is 9.89. The zero-order valence-corrected chi connectivity index (χ0v) is 30.0. The van der Waals surface area contributed by atoms with Crippen LogP contribution in [0.2, 0.25) is 0 Å². The maximum absolute atomic E-state index is 13.5. The third-order valence-electron chi connectivity index (χ3n) is 9.89. The predicted molar refractivity (Wildman–Crippen MR) is 203 cm³/mol. The van der Waals surface area contributed by atoms with Gasteiger partial charge in [-0.3, -0.25) is 24.1 Å². The van der Waals surface area contributed by atoms with Gasteiger partial charge in [0.1, 0.15) is 34.5 Å². The molecule has 0 aromatic heterocycles. The van der Waals surface area contributed by atoms with Crippen LogP contribution in [0.25, 0.3) is 0 Å². The van der Waals surface area contributed by atoms with Crippen molar-refractivity contribution in [1.82, 2.24) is 4.90 Å². The van der Waals surface area contributed by atoms with Crippen molar-refractivity contribution in [1.29, 1.82) is 0 Å². The molecule has 8 rings (SSSR count). The second-order valence-corrected chi connectivity index (χ2v) is 13.8. The first-order valence-electron chi connectivity index (χ1n) is 17.4. The smallest absolute Gasteiger partial charge is 0.266 e. The molecule has 0 fully saturated rings. The molecular weight excluding hydrogens is 681 g/mol. The van der Waals surface area contributed by atoms with Gasteiger partial charge in [-0.25, -0.2) is 4.90 Å². The first kappa shape index (κ1) is 34.1. The standard InChI is InChI=1S/C45H34N2O7/c1-27-5-13-31(14-6-27)52-34-19-11-30(12-20-34)47-43(50)38-24-22-36(26-40(38)44(47)51)54-33-17-9-29(10-18-33)45(2,3)28-7-15-32(16-8-28)53-35-21-23-37-39(25-35)42(49)46(4)41(37)48/h5-26H,1-4H3. The van der Waals surface area contributed by atoms with E-state index in [2.05, 4.69) is 13.8 Å². The van der Waals surface area contributed by atoms with Crippen molar-refractivity contribution in [2.45, 2.75) is 26.2 Å². The first-order chi connectivity index (χ1) is 26.0. The second-order valence-electron chi connectivity index (χ2n) is 13.8. The number of carbonyl (C=O) groups excluding carboxylic acids is 4. The molecule has 2 aliphatic heterocycles. The van der Waals surface area contributed by atoms with Crippen LogP contribution < -0.4 is 19.1 Å². The van der Waals surface area contributed by atoms with Crippen LogP contribution in [0, 0.1) is 6.92 Å². The van der Waals surface area contributed by atoms with Gasteiger partial charge in [-0.15, -0.1) is 0 Å². The Morgan fingerprint density at radius 2 is 0.778 bits per heavy atom. The first-order valence-corrected chi connectivity index (χ1v) is 17.4. The average molecular weight is 715 g/mol. The second kappa shape index (κ2) is 13.2. The molecule has 0 unspecified atom stereocenters. The average Bonchev–Trinajstić information content (AvgIpc) is 3.55. The van der Waals surface area contributed by atoms with E-state index >= 15 is 0 Å². The highest BCUT2D eigenvalue weighted by molar-refractivity contribution is 6.34. The van der Waals surface area contributed by atoms with Crippen molar-refractivity contribution >= 4 is 29.3 Å². The zero-order valence-electron chi connectivity index (χ0n) is 30.0. The van der Waals surface area contributed by atoms with Gasteiger partial charge in [-0.1, -0.05) is 55.8 Å². The Labute approximate surface area is 311 Å². The van der Waals surface area contributed by atoms with Gasteiger partial charge < -0.3 is 14.2 Å². The molecule has 0 saturated heterocycles. The molecule has 4 amide bonds. The Morgan fingerprint density at radius 1 is 0.426 bits per heavy atom. The van der Waals surface area contributed by atoms with Crippen LogP contribution in [-0.2, 0) is 5.41 Å². The molecule has 54 heavy (non-hydrogen) atoms. The maximum Gasteiger partial charge on any atom is 0.266 e. The van der Waals surface area contributed by atoms with Crippen LogP contribution in [0.15, 0.2) is 133 Å². The van der Waals surface area contributed by atoms with Gasteiger partial charge in [-0.2, -0.15) is 0 Å². The number of aryl methyl sites for hydroxylation is 1. The van der Waals surface area contributed by atoms with E-state index in [0.717, 1.165) is 26.5 Å². The predicted octanol–water partition coefficient (Wildman–Crippen LogP) is 9.72. The van der Waals surface area contributed by atoms with Gasteiger partial charge in [0, 0.05) is 12.5 Å². The highest BCUT2D eigenvalue weighted by Gasteiger charge is 2.37. The topological polar surface area (TPSA) is 102 Å². The summed E-state index contributed by atoms with van der Waals surface area (Å²) in [6.07, 6.45) is 0. The van der Waals surface area contributed by atoms with E-state index in [0.29, 0.717) is 56.9 Å². The summed E-state index contributed by atoms with van der Waals surface area (Å²) >= 11 is 0. The molecule has 6 aromatic carbocycles. The van der Waals surface area contributed by atoms with E-state index in [1.54, 1.807) is 60.7 Å². The summed E-state index contributed by atoms with van der Waals surface area (Å²) in [4.78, 5) is 53.7. The number of hydrogen-bond donors (Lipinski definition) is 0. The Bertz CT molecular complexity index is 2470. The van der Waals surface area contributed by atoms with Gasteiger partial charge in [0.2, 0.25) is 0 Å². The minimum Gasteiger partial charge on any atom is -0.457 e. The fourth-order valence-corrected chi connectivity index (χ4v) is 6.65. The number of rotatable bonds is 9. The van der Waals surface area contributed by atoms with Gasteiger partial charge in [-0.05, 0) is 115 Å². The Balaban J connectivity index is 0.919. The van der Waals surface area contributed by atoms with E-state index in [-0.39, 0.29) is 22.8 Å². The van der Waals surface area contributed by atoms with Crippen LogP contribution >= 0.6 is 0 Å². The number of hydrogen-bond acceptors (Lipinski definition) is 7. The molecule has 0 N–H and O–H groups in total. The monoisotopic (exact) mass is 714 g/mol. The van der Waals surface area contributed by atoms with Crippen LogP contribution in [0.4, 0.5) is 5.69 Å². The number of carbonyl (C=O) groups is 4. The van der Waals surface area contributed by atoms with E-state index in [4.69, 9.17) is 14.2 Å². The number of anilines is 1. The Kier molecular flexibility index (Phi) is 8.34. The van der Waals surface area contributed by atoms with E-state index in [9.17, 15) is 19.2 Å². The fraction of sp³-hybridized carbons (Fsp3) is 0.111. The molecule has 2 heterocycles. The fourth-order valence-electron chi connectivity index (χ4n) is 6.65. The quantitative estimate of drug-likeness (QED) is 0.137. The molecule has 6 aromatic rings. The lowest BCUT2D eigenvalue weighted by Crippen LogP contribution is -2.29. The number of imide groups is 2. The highest BCUT2D eigenvalue weighted by atomic mass is 16.5. The van der Waals surface area contributed by atoms with Crippen molar-refractivity contribution in [3.8, 4) is 34.5 Å². The molecule has 2 aliphatic rings. The van der Waals surface area contributed by atoms with E-state index < -0.39 is 11.8 Å². The summed E-state index contributed by atoms with van der Waals surface area (Å²) < 4.78 is 18.1. The minimum absolute atomic E-state index is 0.273. The van der Waals surface area contributed by atoms with Crippen molar-refractivity contribution in [2.75, 3.05) is 11.9 Å². The van der Waals surface area contributed by atoms with Crippen LogP contribution in [0.5, 0.6) is 34.5 Å². The molecule has 9 heteroatoms. The largest absolute Gasteiger partial charge is 0.457 e. The van der Waals surface area contributed by atoms with Crippen molar-refractivity contribution in [3.05, 3.63) is 172 Å². The molecule has 0 radical (unpaired) electrons. The summed E-state index contributed by atoms with van der Waals surface area (Å²) in [7, 11) is 1.46. The van der Waals surface area contributed by atoms with Gasteiger partial charge in [0.05, 0.1) is 27.9 Å². The number of nitrogens with zero attached hydrogens (tertiary/aromatic N) is 2. The van der Waals surface area contributed by atoms with E-state index in [1.165, 1.54) is 7.05 Å². The van der Waals surface area contributed by atoms with Gasteiger partial charge >= 0.3 is 0 Å². The van der Waals surface area contributed by atoms with Crippen molar-refractivity contribution in [3.63, 3.8) is 0 Å². The number of amides is 4. The van der Waals surface area contributed by atoms with Crippen molar-refractivity contribution in [2.24, 2.45) is 0 Å². The third kappa shape index (κ3) is 6.15. The number of benzene rings is 6. The molecule has 0 spiro atoms. The molecular formula is C45H34N2O7. The SMILES string of the molecule is Cc1ccc(Oc2ccc(N3C(=O)c4ccc(Oc5ccc(C(C)(C)c6ccc(Oc7ccc8c(c7)C(=O)N(C)C8=O)cc6)cc5)cc4C3=O)cc2)cc1. The minimum atomic E-state index is -0.423.